The minimum absolute atomic E-state index is 0.0221. The van der Waals surface area contributed by atoms with E-state index in [4.69, 9.17) is 4.74 Å². The van der Waals surface area contributed by atoms with E-state index in [2.05, 4.69) is 4.98 Å². The molecule has 1 saturated carbocycles. The molecule has 1 saturated heterocycles. The lowest BCUT2D eigenvalue weighted by molar-refractivity contribution is -0.132. The van der Waals surface area contributed by atoms with Crippen molar-refractivity contribution in [1.82, 2.24) is 19.0 Å². The van der Waals surface area contributed by atoms with Crippen LogP contribution >= 0.6 is 0 Å². The second kappa shape index (κ2) is 8.89. The van der Waals surface area contributed by atoms with Crippen molar-refractivity contribution < 1.29 is 14.3 Å². The highest BCUT2D eigenvalue weighted by atomic mass is 16.5. The van der Waals surface area contributed by atoms with Gasteiger partial charge in [0.1, 0.15) is 6.54 Å². The first kappa shape index (κ1) is 22.1. The third-order valence-corrected chi connectivity index (χ3v) is 6.53. The van der Waals surface area contributed by atoms with Crippen LogP contribution in [0.1, 0.15) is 54.1 Å². The molecule has 9 nitrogen and oxygen atoms in total. The molecule has 0 atom stereocenters. The maximum absolute atomic E-state index is 13.7. The number of likely N-dealkylation sites (tertiary alicyclic amines) is 1. The molecule has 5 rings (SSSR count). The number of hydrogen-bond acceptors (Lipinski definition) is 6. The monoisotopic (exact) mass is 462 g/mol. The average Bonchev–Trinajstić information content (AvgIpc) is 3.72. The van der Waals surface area contributed by atoms with Crippen LogP contribution in [0.2, 0.25) is 0 Å². The summed E-state index contributed by atoms with van der Waals surface area (Å²) < 4.78 is 7.20. The standard InChI is InChI=1S/C25H26N4O5/c1-34-24(32)18-14-19(16-10-11-16)26-22-21(18)23(31)28(15-20(30)27-12-6-3-7-13-27)25(33)29(22)17-8-4-2-5-9-17/h2,4-5,8-9,14,16H,3,6-7,10-13,15H2,1H3. The number of para-hydroxylation sites is 1. The number of methoxy groups -OCH3 is 1. The van der Waals surface area contributed by atoms with Crippen LogP contribution in [-0.4, -0.2) is 51.1 Å². The highest BCUT2D eigenvalue weighted by molar-refractivity contribution is 6.02. The van der Waals surface area contributed by atoms with Gasteiger partial charge in [-0.3, -0.25) is 9.59 Å². The number of rotatable bonds is 5. The summed E-state index contributed by atoms with van der Waals surface area (Å²) in [5.74, 6) is -0.797. The van der Waals surface area contributed by atoms with Gasteiger partial charge in [-0.15, -0.1) is 0 Å². The Kier molecular flexibility index (Phi) is 5.77. The third-order valence-electron chi connectivity index (χ3n) is 6.53. The summed E-state index contributed by atoms with van der Waals surface area (Å²) in [6, 6.07) is 10.4. The minimum atomic E-state index is -0.715. The number of amides is 1. The Balaban J connectivity index is 1.78. The van der Waals surface area contributed by atoms with Crippen LogP contribution in [0.15, 0.2) is 46.0 Å². The Morgan fingerprint density at radius 1 is 1.06 bits per heavy atom. The van der Waals surface area contributed by atoms with E-state index in [9.17, 15) is 19.2 Å². The summed E-state index contributed by atoms with van der Waals surface area (Å²) in [5.41, 5.74) is -0.0690. The molecule has 2 aromatic heterocycles. The lowest BCUT2D eigenvalue weighted by Gasteiger charge is -2.27. The third kappa shape index (κ3) is 3.91. The number of carbonyl (C=O) groups excluding carboxylic acids is 2. The van der Waals surface area contributed by atoms with Crippen molar-refractivity contribution >= 4 is 22.9 Å². The molecular weight excluding hydrogens is 436 g/mol. The summed E-state index contributed by atoms with van der Waals surface area (Å²) in [7, 11) is 1.25. The topological polar surface area (TPSA) is 104 Å². The fourth-order valence-electron chi connectivity index (χ4n) is 4.54. The molecule has 2 fully saturated rings. The molecule has 9 heteroatoms. The molecule has 1 aliphatic heterocycles. The van der Waals surface area contributed by atoms with Crippen molar-refractivity contribution in [2.24, 2.45) is 0 Å². The van der Waals surface area contributed by atoms with Gasteiger partial charge in [-0.2, -0.15) is 0 Å². The number of esters is 1. The number of ether oxygens (including phenoxy) is 1. The Hall–Kier alpha value is -3.75. The van der Waals surface area contributed by atoms with Gasteiger partial charge in [0.15, 0.2) is 5.65 Å². The lowest BCUT2D eigenvalue weighted by atomic mass is 10.1. The van der Waals surface area contributed by atoms with Gasteiger partial charge in [-0.1, -0.05) is 18.2 Å². The molecule has 3 aromatic rings. The molecule has 0 radical (unpaired) electrons. The quantitative estimate of drug-likeness (QED) is 0.539. The molecule has 176 valence electrons. The highest BCUT2D eigenvalue weighted by Gasteiger charge is 2.30. The molecule has 1 aromatic carbocycles. The molecule has 34 heavy (non-hydrogen) atoms. The zero-order valence-corrected chi connectivity index (χ0v) is 19.0. The average molecular weight is 463 g/mol. The minimum Gasteiger partial charge on any atom is -0.465 e. The Morgan fingerprint density at radius 2 is 1.76 bits per heavy atom. The Bertz CT molecular complexity index is 1380. The molecule has 1 aliphatic carbocycles. The SMILES string of the molecule is COC(=O)c1cc(C2CC2)nc2c1c(=O)n(CC(=O)N1CCCCC1)c(=O)n2-c1ccccc1. The second-order valence-electron chi connectivity index (χ2n) is 8.85. The lowest BCUT2D eigenvalue weighted by Crippen LogP contribution is -2.46. The first-order valence-corrected chi connectivity index (χ1v) is 11.6. The maximum Gasteiger partial charge on any atom is 0.338 e. The zero-order valence-electron chi connectivity index (χ0n) is 19.0. The Morgan fingerprint density at radius 3 is 2.41 bits per heavy atom. The van der Waals surface area contributed by atoms with E-state index in [1.165, 1.54) is 11.7 Å². The van der Waals surface area contributed by atoms with E-state index in [1.54, 1.807) is 35.2 Å². The van der Waals surface area contributed by atoms with Crippen LogP contribution in [0.25, 0.3) is 16.7 Å². The molecule has 3 heterocycles. The number of hydrogen-bond donors (Lipinski definition) is 0. The normalized spacial score (nSPS) is 16.0. The molecule has 1 amide bonds. The predicted octanol–water partition coefficient (Wildman–Crippen LogP) is 2.22. The van der Waals surface area contributed by atoms with Crippen molar-refractivity contribution in [3.8, 4) is 5.69 Å². The van der Waals surface area contributed by atoms with E-state index >= 15 is 0 Å². The van der Waals surface area contributed by atoms with Crippen LogP contribution in [0.4, 0.5) is 0 Å². The van der Waals surface area contributed by atoms with Crippen molar-refractivity contribution in [2.45, 2.75) is 44.6 Å². The summed E-state index contributed by atoms with van der Waals surface area (Å²) in [6.07, 6.45) is 4.70. The van der Waals surface area contributed by atoms with Gasteiger partial charge in [0.05, 0.1) is 23.7 Å². The number of benzene rings is 1. The van der Waals surface area contributed by atoms with Crippen LogP contribution in [0, 0.1) is 0 Å². The van der Waals surface area contributed by atoms with Gasteiger partial charge in [-0.05, 0) is 50.3 Å². The van der Waals surface area contributed by atoms with Crippen LogP contribution in [0.5, 0.6) is 0 Å². The second-order valence-corrected chi connectivity index (χ2v) is 8.85. The summed E-state index contributed by atoms with van der Waals surface area (Å²) in [4.78, 5) is 59.4. The van der Waals surface area contributed by atoms with E-state index in [1.807, 2.05) is 6.07 Å². The first-order valence-electron chi connectivity index (χ1n) is 11.6. The fourth-order valence-corrected chi connectivity index (χ4v) is 4.54. The molecule has 0 spiro atoms. The summed E-state index contributed by atoms with van der Waals surface area (Å²) in [6.45, 7) is 0.812. The first-order chi connectivity index (χ1) is 16.5. The summed E-state index contributed by atoms with van der Waals surface area (Å²) >= 11 is 0. The molecular formula is C25H26N4O5. The number of fused-ring (bicyclic) bond motifs is 1. The number of piperidine rings is 1. The fraction of sp³-hybridized carbons (Fsp3) is 0.400. The van der Waals surface area contributed by atoms with Gasteiger partial charge in [0, 0.05) is 24.7 Å². The van der Waals surface area contributed by atoms with Gasteiger partial charge in [0.25, 0.3) is 5.56 Å². The van der Waals surface area contributed by atoms with Crippen molar-refractivity contribution in [1.29, 1.82) is 0 Å². The van der Waals surface area contributed by atoms with E-state index in [-0.39, 0.29) is 28.4 Å². The van der Waals surface area contributed by atoms with Gasteiger partial charge < -0.3 is 9.64 Å². The van der Waals surface area contributed by atoms with Crippen LogP contribution in [-0.2, 0) is 16.1 Å². The predicted molar refractivity (Wildman–Crippen MR) is 125 cm³/mol. The molecule has 0 bridgehead atoms. The largest absolute Gasteiger partial charge is 0.465 e. The Labute approximate surface area is 195 Å². The molecule has 0 N–H and O–H groups in total. The van der Waals surface area contributed by atoms with E-state index < -0.39 is 23.8 Å². The highest BCUT2D eigenvalue weighted by Crippen LogP contribution is 2.40. The van der Waals surface area contributed by atoms with E-state index in [0.717, 1.165) is 36.7 Å². The van der Waals surface area contributed by atoms with Crippen LogP contribution in [0.3, 0.4) is 0 Å². The zero-order chi connectivity index (χ0) is 23.8. The maximum atomic E-state index is 13.7. The van der Waals surface area contributed by atoms with Gasteiger partial charge in [0.2, 0.25) is 5.91 Å². The van der Waals surface area contributed by atoms with Crippen molar-refractivity contribution in [3.05, 3.63) is 68.5 Å². The number of nitrogens with zero attached hydrogens (tertiary/aromatic N) is 4. The van der Waals surface area contributed by atoms with Gasteiger partial charge in [-0.25, -0.2) is 23.7 Å². The van der Waals surface area contributed by atoms with Crippen molar-refractivity contribution in [3.63, 3.8) is 0 Å². The van der Waals surface area contributed by atoms with Crippen molar-refractivity contribution in [2.75, 3.05) is 20.2 Å². The molecule has 2 aliphatic rings. The van der Waals surface area contributed by atoms with Gasteiger partial charge >= 0.3 is 11.7 Å². The summed E-state index contributed by atoms with van der Waals surface area (Å²) in [5, 5.41) is -0.0221. The van der Waals surface area contributed by atoms with E-state index in [0.29, 0.717) is 24.5 Å². The molecule has 0 unspecified atom stereocenters. The number of carbonyl (C=O) groups is 2. The smallest absolute Gasteiger partial charge is 0.338 e. The number of aromatic nitrogens is 3. The number of pyridine rings is 1. The van der Waals surface area contributed by atoms with Crippen LogP contribution < -0.4 is 11.2 Å².